The molecule has 0 radical (unpaired) electrons. The summed E-state index contributed by atoms with van der Waals surface area (Å²) >= 11 is 1.10. The number of benzene rings is 2. The van der Waals surface area contributed by atoms with Gasteiger partial charge in [-0.2, -0.15) is 0 Å². The fourth-order valence-electron chi connectivity index (χ4n) is 4.51. The second-order valence-corrected chi connectivity index (χ2v) is 10.4. The molecule has 2 saturated heterocycles. The molecule has 2 aromatic carbocycles. The Morgan fingerprint density at radius 1 is 0.974 bits per heavy atom. The van der Waals surface area contributed by atoms with Crippen molar-refractivity contribution in [3.05, 3.63) is 75.8 Å². The summed E-state index contributed by atoms with van der Waals surface area (Å²) in [6.07, 6.45) is -0.402. The number of amides is 3. The summed E-state index contributed by atoms with van der Waals surface area (Å²) in [5.41, 5.74) is 1.04. The Morgan fingerprint density at radius 3 is 2.21 bits per heavy atom. The lowest BCUT2D eigenvalue weighted by Crippen LogP contribution is -2.55. The Balaban J connectivity index is 1.44. The average molecular weight is 541 g/mol. The van der Waals surface area contributed by atoms with Crippen LogP contribution in [0, 0.1) is 10.1 Å². The molecular weight excluding hydrogens is 512 g/mol. The predicted molar refractivity (Wildman–Crippen MR) is 139 cm³/mol. The van der Waals surface area contributed by atoms with Crippen LogP contribution in [-0.4, -0.2) is 86.7 Å². The van der Waals surface area contributed by atoms with Gasteiger partial charge in [-0.15, -0.1) is 0 Å². The molecule has 200 valence electrons. The average Bonchev–Trinajstić information content (AvgIpc) is 3.35. The number of ether oxygens (including phenoxy) is 1. The number of carbonyl (C=O) groups excluding carboxylic acids is 4. The first-order valence-electron chi connectivity index (χ1n) is 12.2. The van der Waals surface area contributed by atoms with Gasteiger partial charge in [0.05, 0.1) is 4.92 Å². The van der Waals surface area contributed by atoms with E-state index in [1.54, 1.807) is 34.1 Å². The number of hydrogen-bond acceptors (Lipinski definition) is 8. The lowest BCUT2D eigenvalue weighted by atomic mass is 10.1. The van der Waals surface area contributed by atoms with Crippen LogP contribution in [-0.2, 0) is 20.9 Å². The largest absolute Gasteiger partial charge is 0.445 e. The molecular formula is C26H28N4O7S. The molecule has 3 amide bonds. The standard InChI is InChI=1S/C26H28N4O7S/c1-18(31)27-11-13-28(14-12-27)24(32)23-15-22(38-25(33)20-5-3-2-4-6-20)16-29(23)26(34)37-17-19-7-9-21(10-8-19)30(35)36/h2-10,22-23H,11-17H2,1H3. The van der Waals surface area contributed by atoms with Gasteiger partial charge in [-0.05, 0) is 24.1 Å². The van der Waals surface area contributed by atoms with Gasteiger partial charge < -0.3 is 14.5 Å². The van der Waals surface area contributed by atoms with E-state index in [0.717, 1.165) is 11.8 Å². The van der Waals surface area contributed by atoms with E-state index in [9.17, 15) is 29.3 Å². The Labute approximate surface area is 223 Å². The van der Waals surface area contributed by atoms with E-state index in [1.165, 1.54) is 36.1 Å². The molecule has 2 unspecified atom stereocenters. The highest BCUT2D eigenvalue weighted by Gasteiger charge is 2.43. The molecule has 2 aliphatic rings. The van der Waals surface area contributed by atoms with Crippen LogP contribution < -0.4 is 0 Å². The first-order chi connectivity index (χ1) is 18.2. The van der Waals surface area contributed by atoms with Crippen molar-refractivity contribution in [2.45, 2.75) is 31.2 Å². The predicted octanol–water partition coefficient (Wildman–Crippen LogP) is 2.94. The van der Waals surface area contributed by atoms with Gasteiger partial charge in [-0.3, -0.25) is 29.4 Å². The molecule has 2 atom stereocenters. The number of nitrogens with zero attached hydrogens (tertiary/aromatic N) is 4. The Hall–Kier alpha value is -3.93. The zero-order chi connectivity index (χ0) is 27.2. The molecule has 2 aliphatic heterocycles. The number of non-ortho nitro benzene ring substituents is 1. The summed E-state index contributed by atoms with van der Waals surface area (Å²) in [6.45, 7) is 3.09. The molecule has 0 aromatic heterocycles. The quantitative estimate of drug-likeness (QED) is 0.404. The van der Waals surface area contributed by atoms with Gasteiger partial charge in [0.15, 0.2) is 0 Å². The van der Waals surface area contributed by atoms with Crippen LogP contribution in [0.25, 0.3) is 0 Å². The van der Waals surface area contributed by atoms with Gasteiger partial charge >= 0.3 is 6.09 Å². The number of rotatable bonds is 6. The number of likely N-dealkylation sites (tertiary alicyclic amines) is 1. The lowest BCUT2D eigenvalue weighted by molar-refractivity contribution is -0.384. The highest BCUT2D eigenvalue weighted by Crippen LogP contribution is 2.32. The normalized spacial score (nSPS) is 19.2. The third kappa shape index (κ3) is 6.49. The van der Waals surface area contributed by atoms with Crippen LogP contribution >= 0.6 is 11.8 Å². The molecule has 0 saturated carbocycles. The molecule has 2 heterocycles. The van der Waals surface area contributed by atoms with Crippen molar-refractivity contribution < 1.29 is 28.8 Å². The lowest BCUT2D eigenvalue weighted by Gasteiger charge is -2.36. The minimum atomic E-state index is -0.802. The monoisotopic (exact) mass is 540 g/mol. The van der Waals surface area contributed by atoms with Crippen LogP contribution in [0.1, 0.15) is 29.3 Å². The summed E-state index contributed by atoms with van der Waals surface area (Å²) < 4.78 is 5.47. The molecule has 0 spiro atoms. The second-order valence-electron chi connectivity index (χ2n) is 9.11. The van der Waals surface area contributed by atoms with E-state index in [1.807, 2.05) is 6.07 Å². The first-order valence-corrected chi connectivity index (χ1v) is 13.1. The van der Waals surface area contributed by atoms with Crippen LogP contribution in [0.2, 0.25) is 0 Å². The molecule has 0 N–H and O–H groups in total. The molecule has 0 bridgehead atoms. The smallest absolute Gasteiger partial charge is 0.410 e. The van der Waals surface area contributed by atoms with Gasteiger partial charge in [0.1, 0.15) is 12.6 Å². The third-order valence-corrected chi connectivity index (χ3v) is 7.74. The van der Waals surface area contributed by atoms with Crippen molar-refractivity contribution in [1.82, 2.24) is 14.7 Å². The number of carbonyl (C=O) groups is 4. The Bertz CT molecular complexity index is 1200. The van der Waals surface area contributed by atoms with Crippen molar-refractivity contribution in [1.29, 1.82) is 0 Å². The Kier molecular flexibility index (Phi) is 8.62. The van der Waals surface area contributed by atoms with Crippen molar-refractivity contribution in [3.63, 3.8) is 0 Å². The fourth-order valence-corrected chi connectivity index (χ4v) is 5.60. The number of nitro benzene ring substituents is 1. The van der Waals surface area contributed by atoms with E-state index < -0.39 is 17.1 Å². The SMILES string of the molecule is CC(=O)N1CCN(C(=O)C2CC(SC(=O)c3ccccc3)CN2C(=O)OCc2ccc([N+](=O)[O-])cc2)CC1. The molecule has 4 rings (SSSR count). The summed E-state index contributed by atoms with van der Waals surface area (Å²) in [7, 11) is 0. The summed E-state index contributed by atoms with van der Waals surface area (Å²) in [6, 6.07) is 13.7. The minimum absolute atomic E-state index is 0.0506. The summed E-state index contributed by atoms with van der Waals surface area (Å²) in [5, 5.41) is 10.4. The highest BCUT2D eigenvalue weighted by molar-refractivity contribution is 8.14. The highest BCUT2D eigenvalue weighted by atomic mass is 32.2. The zero-order valence-corrected chi connectivity index (χ0v) is 21.7. The van der Waals surface area contributed by atoms with E-state index in [4.69, 9.17) is 4.74 Å². The van der Waals surface area contributed by atoms with Crippen LogP contribution in [0.4, 0.5) is 10.5 Å². The summed E-state index contributed by atoms with van der Waals surface area (Å²) in [4.78, 5) is 66.1. The van der Waals surface area contributed by atoms with E-state index in [2.05, 4.69) is 0 Å². The molecule has 38 heavy (non-hydrogen) atoms. The van der Waals surface area contributed by atoms with Crippen LogP contribution in [0.5, 0.6) is 0 Å². The fraction of sp³-hybridized carbons (Fsp3) is 0.385. The van der Waals surface area contributed by atoms with Crippen molar-refractivity contribution in [2.24, 2.45) is 0 Å². The topological polar surface area (TPSA) is 130 Å². The van der Waals surface area contributed by atoms with Crippen molar-refractivity contribution in [2.75, 3.05) is 32.7 Å². The van der Waals surface area contributed by atoms with Crippen molar-refractivity contribution in [3.8, 4) is 0 Å². The second kappa shape index (κ2) is 12.1. The van der Waals surface area contributed by atoms with Gasteiger partial charge in [0.25, 0.3) is 5.69 Å². The van der Waals surface area contributed by atoms with E-state index in [-0.39, 0.29) is 41.0 Å². The van der Waals surface area contributed by atoms with Crippen LogP contribution in [0.15, 0.2) is 54.6 Å². The molecule has 0 aliphatic carbocycles. The molecule has 2 fully saturated rings. The van der Waals surface area contributed by atoms with Gasteiger partial charge in [-0.1, -0.05) is 42.1 Å². The maximum atomic E-state index is 13.5. The molecule has 2 aromatic rings. The van der Waals surface area contributed by atoms with Gasteiger partial charge in [-0.25, -0.2) is 4.79 Å². The van der Waals surface area contributed by atoms with E-state index in [0.29, 0.717) is 43.7 Å². The van der Waals surface area contributed by atoms with Crippen LogP contribution in [0.3, 0.4) is 0 Å². The van der Waals surface area contributed by atoms with Crippen molar-refractivity contribution >= 4 is 40.5 Å². The zero-order valence-electron chi connectivity index (χ0n) is 20.9. The van der Waals surface area contributed by atoms with E-state index >= 15 is 0 Å². The number of nitro groups is 1. The minimum Gasteiger partial charge on any atom is -0.445 e. The number of thioether (sulfide) groups is 1. The number of piperazine rings is 1. The van der Waals surface area contributed by atoms with Gasteiger partial charge in [0, 0.05) is 62.6 Å². The summed E-state index contributed by atoms with van der Waals surface area (Å²) in [5.74, 6) is -0.291. The number of hydrogen-bond donors (Lipinski definition) is 0. The third-order valence-electron chi connectivity index (χ3n) is 6.61. The molecule has 11 nitrogen and oxygen atoms in total. The van der Waals surface area contributed by atoms with Gasteiger partial charge in [0.2, 0.25) is 16.9 Å². The Morgan fingerprint density at radius 2 is 1.61 bits per heavy atom. The maximum Gasteiger partial charge on any atom is 0.410 e. The maximum absolute atomic E-state index is 13.5. The first kappa shape index (κ1) is 27.1. The molecule has 12 heteroatoms.